The average molecular weight is 420 g/mol. The highest BCUT2D eigenvalue weighted by atomic mass is 79.9. The fourth-order valence-corrected chi connectivity index (χ4v) is 3.06. The topological polar surface area (TPSA) is 56.2 Å². The number of imidazole rings is 1. The van der Waals surface area contributed by atoms with E-state index in [2.05, 4.69) is 30.8 Å². The van der Waals surface area contributed by atoms with Crippen LogP contribution >= 0.6 is 15.9 Å². The Labute approximate surface area is 159 Å². The van der Waals surface area contributed by atoms with Crippen LogP contribution in [0.5, 0.6) is 5.75 Å². The van der Waals surface area contributed by atoms with Gasteiger partial charge in [0, 0.05) is 17.6 Å². The maximum Gasteiger partial charge on any atom is 0.257 e. The van der Waals surface area contributed by atoms with Crippen LogP contribution in [0.1, 0.15) is 12.2 Å². The van der Waals surface area contributed by atoms with Crippen LogP contribution in [0, 0.1) is 12.7 Å². The predicted molar refractivity (Wildman–Crippen MR) is 102 cm³/mol. The third-order valence-electron chi connectivity index (χ3n) is 3.98. The monoisotopic (exact) mass is 419 g/mol. The second-order valence-corrected chi connectivity index (χ2v) is 6.78. The molecule has 0 bridgehead atoms. The van der Waals surface area contributed by atoms with E-state index in [1.807, 2.05) is 31.2 Å². The molecule has 0 unspecified atom stereocenters. The van der Waals surface area contributed by atoms with Crippen molar-refractivity contribution in [2.24, 2.45) is 0 Å². The van der Waals surface area contributed by atoms with Crippen LogP contribution in [-0.4, -0.2) is 28.6 Å². The number of nitrogens with one attached hydrogen (secondary N) is 1. The molecule has 0 fully saturated rings. The first-order valence-electron chi connectivity index (χ1n) is 8.31. The average Bonchev–Trinajstić information content (AvgIpc) is 2.93. The van der Waals surface area contributed by atoms with Crippen LogP contribution in [0.2, 0.25) is 0 Å². The van der Waals surface area contributed by atoms with E-state index in [-0.39, 0.29) is 18.3 Å². The number of aryl methyl sites for hydroxylation is 2. The standard InChI is InChI=1S/C19H19BrFN3O2/c1-13-23-16-5-2-3-6-17(16)24(13)10-4-9-22-19(25)12-26-18-8-7-14(20)11-15(18)21/h2-3,5-8,11H,4,9-10,12H2,1H3,(H,22,25). The van der Waals surface area contributed by atoms with Crippen molar-refractivity contribution in [2.75, 3.05) is 13.2 Å². The lowest BCUT2D eigenvalue weighted by Gasteiger charge is -2.10. The molecule has 0 aliphatic carbocycles. The van der Waals surface area contributed by atoms with E-state index in [4.69, 9.17) is 4.74 Å². The van der Waals surface area contributed by atoms with E-state index < -0.39 is 5.82 Å². The molecular weight excluding hydrogens is 401 g/mol. The minimum absolute atomic E-state index is 0.0591. The first-order chi connectivity index (χ1) is 12.5. The van der Waals surface area contributed by atoms with Crippen LogP contribution < -0.4 is 10.1 Å². The maximum absolute atomic E-state index is 13.6. The Hall–Kier alpha value is -2.41. The molecule has 0 spiro atoms. The lowest BCUT2D eigenvalue weighted by Crippen LogP contribution is -2.30. The molecule has 0 aliphatic heterocycles. The van der Waals surface area contributed by atoms with E-state index in [1.165, 1.54) is 12.1 Å². The van der Waals surface area contributed by atoms with Gasteiger partial charge in [0.15, 0.2) is 18.2 Å². The van der Waals surface area contributed by atoms with Gasteiger partial charge in [0.05, 0.1) is 11.0 Å². The lowest BCUT2D eigenvalue weighted by atomic mass is 10.3. The summed E-state index contributed by atoms with van der Waals surface area (Å²) in [4.78, 5) is 16.4. The summed E-state index contributed by atoms with van der Waals surface area (Å²) >= 11 is 3.17. The number of carbonyl (C=O) groups excluding carboxylic acids is 1. The van der Waals surface area contributed by atoms with Crippen LogP contribution in [-0.2, 0) is 11.3 Å². The number of hydrogen-bond acceptors (Lipinski definition) is 3. The van der Waals surface area contributed by atoms with Crippen LogP contribution in [0.15, 0.2) is 46.9 Å². The summed E-state index contributed by atoms with van der Waals surface area (Å²) in [6, 6.07) is 12.4. The number of aromatic nitrogens is 2. The molecular formula is C19H19BrFN3O2. The van der Waals surface area contributed by atoms with Crippen LogP contribution in [0.4, 0.5) is 4.39 Å². The molecule has 1 amide bonds. The largest absolute Gasteiger partial charge is 0.481 e. The van der Waals surface area contributed by atoms with Crippen LogP contribution in [0.25, 0.3) is 11.0 Å². The fourth-order valence-electron chi connectivity index (χ4n) is 2.73. The molecule has 2 aromatic carbocycles. The number of carbonyl (C=O) groups is 1. The smallest absolute Gasteiger partial charge is 0.257 e. The van der Waals surface area contributed by atoms with Gasteiger partial charge in [-0.1, -0.05) is 28.1 Å². The molecule has 1 N–H and O–H groups in total. The molecule has 1 aromatic heterocycles. The Morgan fingerprint density at radius 3 is 2.92 bits per heavy atom. The van der Waals surface area contributed by atoms with Crippen LogP contribution in [0.3, 0.4) is 0 Å². The molecule has 26 heavy (non-hydrogen) atoms. The van der Waals surface area contributed by atoms with Crippen molar-refractivity contribution in [3.63, 3.8) is 0 Å². The molecule has 0 saturated heterocycles. The first-order valence-corrected chi connectivity index (χ1v) is 9.10. The molecule has 3 aromatic rings. The van der Waals surface area contributed by atoms with E-state index >= 15 is 0 Å². The Kier molecular flexibility index (Phi) is 5.88. The van der Waals surface area contributed by atoms with Gasteiger partial charge in [-0.15, -0.1) is 0 Å². The van der Waals surface area contributed by atoms with Gasteiger partial charge in [0.1, 0.15) is 5.82 Å². The number of fused-ring (bicyclic) bond motifs is 1. The van der Waals surface area contributed by atoms with Gasteiger partial charge in [-0.05, 0) is 43.7 Å². The summed E-state index contributed by atoms with van der Waals surface area (Å²) in [5, 5.41) is 2.78. The molecule has 0 radical (unpaired) electrons. The highest BCUT2D eigenvalue weighted by molar-refractivity contribution is 9.10. The normalized spacial score (nSPS) is 10.9. The number of halogens is 2. The summed E-state index contributed by atoms with van der Waals surface area (Å²) in [6.07, 6.45) is 0.763. The van der Waals surface area contributed by atoms with Gasteiger partial charge >= 0.3 is 0 Å². The number of hydrogen-bond donors (Lipinski definition) is 1. The second kappa shape index (κ2) is 8.31. The van der Waals surface area contributed by atoms with Gasteiger partial charge < -0.3 is 14.6 Å². The zero-order valence-corrected chi connectivity index (χ0v) is 15.9. The van der Waals surface area contributed by atoms with Crippen molar-refractivity contribution in [2.45, 2.75) is 19.9 Å². The quantitative estimate of drug-likeness (QED) is 0.592. The molecule has 7 heteroatoms. The van der Waals surface area contributed by atoms with Crippen molar-refractivity contribution >= 4 is 32.9 Å². The molecule has 0 aliphatic rings. The molecule has 3 rings (SSSR count). The Morgan fingerprint density at radius 2 is 2.12 bits per heavy atom. The minimum atomic E-state index is -0.505. The predicted octanol–water partition coefficient (Wildman–Crippen LogP) is 3.83. The van der Waals surface area contributed by atoms with E-state index in [0.717, 1.165) is 29.8 Å². The first kappa shape index (κ1) is 18.4. The SMILES string of the molecule is Cc1nc2ccccc2n1CCCNC(=O)COc1ccc(Br)cc1F. The zero-order valence-electron chi connectivity index (χ0n) is 14.3. The fraction of sp³-hybridized carbons (Fsp3) is 0.263. The summed E-state index contributed by atoms with van der Waals surface area (Å²) in [6.45, 7) is 3.02. The van der Waals surface area contributed by atoms with Gasteiger partial charge in [-0.25, -0.2) is 9.37 Å². The van der Waals surface area contributed by atoms with Gasteiger partial charge in [-0.3, -0.25) is 4.79 Å². The third-order valence-corrected chi connectivity index (χ3v) is 4.47. The number of rotatable bonds is 7. The number of benzene rings is 2. The second-order valence-electron chi connectivity index (χ2n) is 5.87. The van der Waals surface area contributed by atoms with Crippen molar-refractivity contribution in [3.8, 4) is 5.75 Å². The van der Waals surface area contributed by atoms with E-state index in [0.29, 0.717) is 11.0 Å². The summed E-state index contributed by atoms with van der Waals surface area (Å²) in [7, 11) is 0. The van der Waals surface area contributed by atoms with Gasteiger partial charge in [0.25, 0.3) is 5.91 Å². The van der Waals surface area contributed by atoms with E-state index in [9.17, 15) is 9.18 Å². The molecule has 136 valence electrons. The zero-order chi connectivity index (χ0) is 18.5. The van der Waals surface area contributed by atoms with Gasteiger partial charge in [0.2, 0.25) is 0 Å². The summed E-state index contributed by atoms with van der Waals surface area (Å²) < 4.78 is 21.6. The number of nitrogens with zero attached hydrogens (tertiary/aromatic N) is 2. The Morgan fingerprint density at radius 1 is 1.31 bits per heavy atom. The van der Waals surface area contributed by atoms with E-state index in [1.54, 1.807) is 6.07 Å². The molecule has 0 atom stereocenters. The maximum atomic E-state index is 13.6. The third kappa shape index (κ3) is 4.40. The number of para-hydroxylation sites is 2. The molecule has 5 nitrogen and oxygen atoms in total. The lowest BCUT2D eigenvalue weighted by molar-refractivity contribution is -0.123. The Balaban J connectivity index is 1.44. The van der Waals surface area contributed by atoms with Crippen molar-refractivity contribution in [3.05, 3.63) is 58.6 Å². The van der Waals surface area contributed by atoms with Crippen molar-refractivity contribution in [1.29, 1.82) is 0 Å². The van der Waals surface area contributed by atoms with Crippen molar-refractivity contribution in [1.82, 2.24) is 14.9 Å². The summed E-state index contributed by atoms with van der Waals surface area (Å²) in [5.41, 5.74) is 2.06. The summed E-state index contributed by atoms with van der Waals surface area (Å²) in [5.74, 6) is 0.226. The molecule has 1 heterocycles. The molecule has 0 saturated carbocycles. The highest BCUT2D eigenvalue weighted by Gasteiger charge is 2.08. The Bertz CT molecular complexity index is 926. The van der Waals surface area contributed by atoms with Crippen molar-refractivity contribution < 1.29 is 13.9 Å². The highest BCUT2D eigenvalue weighted by Crippen LogP contribution is 2.21. The van der Waals surface area contributed by atoms with Gasteiger partial charge in [-0.2, -0.15) is 0 Å². The number of amides is 1. The minimum Gasteiger partial charge on any atom is -0.481 e. The number of ether oxygens (including phenoxy) is 1.